The Morgan fingerprint density at radius 3 is 2.50 bits per heavy atom. The van der Waals surface area contributed by atoms with Gasteiger partial charge in [0.1, 0.15) is 11.6 Å². The van der Waals surface area contributed by atoms with Gasteiger partial charge in [0.05, 0.1) is 18.0 Å². The minimum atomic E-state index is -0.234. The van der Waals surface area contributed by atoms with Crippen LogP contribution in [0.25, 0.3) is 22.0 Å². The van der Waals surface area contributed by atoms with E-state index in [1.807, 2.05) is 25.1 Å². The van der Waals surface area contributed by atoms with Gasteiger partial charge in [0.2, 0.25) is 0 Å². The number of hydrogen-bond acceptors (Lipinski definition) is 4. The van der Waals surface area contributed by atoms with Crippen molar-refractivity contribution in [1.29, 1.82) is 0 Å². The summed E-state index contributed by atoms with van der Waals surface area (Å²) < 4.78 is 18.3. The molecule has 0 saturated carbocycles. The molecule has 0 atom stereocenters. The summed E-state index contributed by atoms with van der Waals surface area (Å²) in [6, 6.07) is 16.7. The number of halogens is 1. The molecule has 5 heteroatoms. The highest BCUT2D eigenvalue weighted by Crippen LogP contribution is 2.27. The first-order valence-electron chi connectivity index (χ1n) is 9.72. The number of ether oxygens (including phenoxy) is 1. The van der Waals surface area contributed by atoms with Crippen LogP contribution in [0.4, 0.5) is 10.2 Å². The van der Waals surface area contributed by atoms with E-state index in [1.54, 1.807) is 12.1 Å². The molecule has 0 amide bonds. The van der Waals surface area contributed by atoms with Crippen molar-refractivity contribution in [3.63, 3.8) is 0 Å². The average molecular weight is 378 g/mol. The fourth-order valence-electron chi connectivity index (χ4n) is 3.72. The van der Waals surface area contributed by atoms with Crippen molar-refractivity contribution in [3.05, 3.63) is 60.4 Å². The van der Waals surface area contributed by atoms with E-state index in [9.17, 15) is 9.18 Å². The van der Waals surface area contributed by atoms with E-state index >= 15 is 0 Å². The Kier molecular flexibility index (Phi) is 5.24. The average Bonchev–Trinajstić information content (AvgIpc) is 2.74. The zero-order valence-electron chi connectivity index (χ0n) is 15.9. The lowest BCUT2D eigenvalue weighted by Crippen LogP contribution is -2.37. The second-order valence-electron chi connectivity index (χ2n) is 7.10. The van der Waals surface area contributed by atoms with Gasteiger partial charge in [-0.25, -0.2) is 9.37 Å². The number of rotatable bonds is 4. The Balaban J connectivity index is 1.50. The van der Waals surface area contributed by atoms with Crippen molar-refractivity contribution in [2.45, 2.75) is 19.8 Å². The summed E-state index contributed by atoms with van der Waals surface area (Å²) in [5.41, 5.74) is 2.95. The number of piperidine rings is 1. The monoisotopic (exact) mass is 378 g/mol. The lowest BCUT2D eigenvalue weighted by atomic mass is 9.97. The molecule has 0 spiro atoms. The molecule has 1 aliphatic heterocycles. The molecule has 0 bridgehead atoms. The van der Waals surface area contributed by atoms with Crippen molar-refractivity contribution in [2.24, 2.45) is 5.92 Å². The number of hydrogen-bond donors (Lipinski definition) is 0. The molecule has 2 aromatic carbocycles. The van der Waals surface area contributed by atoms with Crippen LogP contribution in [0.5, 0.6) is 0 Å². The van der Waals surface area contributed by atoms with E-state index in [0.717, 1.165) is 53.8 Å². The van der Waals surface area contributed by atoms with Crippen molar-refractivity contribution >= 4 is 22.7 Å². The first-order valence-corrected chi connectivity index (χ1v) is 9.72. The summed E-state index contributed by atoms with van der Waals surface area (Å²) in [5, 5.41) is 1.05. The Bertz CT molecular complexity index is 980. The molecule has 1 aliphatic rings. The molecular weight excluding hydrogens is 355 g/mol. The number of carbonyl (C=O) groups excluding carboxylic acids is 1. The van der Waals surface area contributed by atoms with Gasteiger partial charge in [-0.1, -0.05) is 18.2 Å². The number of pyridine rings is 1. The van der Waals surface area contributed by atoms with Crippen LogP contribution in [0, 0.1) is 11.7 Å². The molecule has 1 aromatic heterocycles. The van der Waals surface area contributed by atoms with Crippen LogP contribution < -0.4 is 4.90 Å². The third kappa shape index (κ3) is 3.84. The zero-order valence-corrected chi connectivity index (χ0v) is 15.9. The molecule has 28 heavy (non-hydrogen) atoms. The topological polar surface area (TPSA) is 42.4 Å². The molecule has 2 heterocycles. The first-order chi connectivity index (χ1) is 13.6. The van der Waals surface area contributed by atoms with Gasteiger partial charge in [0.25, 0.3) is 0 Å². The Hall–Kier alpha value is -2.95. The predicted octanol–water partition coefficient (Wildman–Crippen LogP) is 4.82. The summed E-state index contributed by atoms with van der Waals surface area (Å²) in [6.45, 7) is 3.88. The van der Waals surface area contributed by atoms with Crippen LogP contribution in [0.3, 0.4) is 0 Å². The number of nitrogens with zero attached hydrogens (tertiary/aromatic N) is 2. The maximum Gasteiger partial charge on any atom is 0.309 e. The van der Waals surface area contributed by atoms with Gasteiger partial charge in [0.15, 0.2) is 0 Å². The Labute approximate surface area is 164 Å². The number of carbonyl (C=O) groups is 1. The summed E-state index contributed by atoms with van der Waals surface area (Å²) in [6.07, 6.45) is 1.59. The number of fused-ring (bicyclic) bond motifs is 1. The Morgan fingerprint density at radius 1 is 1.07 bits per heavy atom. The quantitative estimate of drug-likeness (QED) is 0.611. The number of esters is 1. The molecule has 0 aliphatic carbocycles. The van der Waals surface area contributed by atoms with Gasteiger partial charge in [0, 0.05) is 18.5 Å². The minimum Gasteiger partial charge on any atom is -0.466 e. The highest BCUT2D eigenvalue weighted by molar-refractivity contribution is 5.85. The fraction of sp³-hybridized carbons (Fsp3) is 0.304. The van der Waals surface area contributed by atoms with Gasteiger partial charge in [-0.3, -0.25) is 4.79 Å². The van der Waals surface area contributed by atoms with E-state index in [-0.39, 0.29) is 17.7 Å². The SMILES string of the molecule is CCOC(=O)C1CCN(c2ccc3cc(-c4ccc(F)cc4)ccc3n2)CC1. The molecule has 0 radical (unpaired) electrons. The molecule has 4 nitrogen and oxygen atoms in total. The van der Waals surface area contributed by atoms with E-state index in [0.29, 0.717) is 6.61 Å². The van der Waals surface area contributed by atoms with Crippen LogP contribution in [0.15, 0.2) is 54.6 Å². The van der Waals surface area contributed by atoms with Gasteiger partial charge in [-0.2, -0.15) is 0 Å². The highest BCUT2D eigenvalue weighted by atomic mass is 19.1. The van der Waals surface area contributed by atoms with Crippen molar-refractivity contribution < 1.29 is 13.9 Å². The largest absolute Gasteiger partial charge is 0.466 e. The van der Waals surface area contributed by atoms with Gasteiger partial charge in [-0.05, 0) is 67.3 Å². The maximum atomic E-state index is 13.1. The van der Waals surface area contributed by atoms with Crippen LogP contribution in [0.1, 0.15) is 19.8 Å². The zero-order chi connectivity index (χ0) is 19.5. The molecule has 1 saturated heterocycles. The Morgan fingerprint density at radius 2 is 1.79 bits per heavy atom. The van der Waals surface area contributed by atoms with Crippen LogP contribution in [0.2, 0.25) is 0 Å². The van der Waals surface area contributed by atoms with Gasteiger partial charge >= 0.3 is 5.97 Å². The standard InChI is InChI=1S/C23H23FN2O2/c1-2-28-23(27)17-11-13-26(14-12-17)22-10-6-19-15-18(5-9-21(19)25-22)16-3-7-20(24)8-4-16/h3-10,15,17H,2,11-14H2,1H3. The van der Waals surface area contributed by atoms with Crippen LogP contribution >= 0.6 is 0 Å². The molecule has 144 valence electrons. The molecule has 0 N–H and O–H groups in total. The first kappa shape index (κ1) is 18.4. The van der Waals surface area contributed by atoms with E-state index < -0.39 is 0 Å². The fourth-order valence-corrected chi connectivity index (χ4v) is 3.72. The second-order valence-corrected chi connectivity index (χ2v) is 7.10. The predicted molar refractivity (Wildman–Crippen MR) is 109 cm³/mol. The van der Waals surface area contributed by atoms with Crippen LogP contribution in [-0.4, -0.2) is 30.6 Å². The number of benzene rings is 2. The highest BCUT2D eigenvalue weighted by Gasteiger charge is 2.26. The smallest absolute Gasteiger partial charge is 0.309 e. The second kappa shape index (κ2) is 7.97. The third-order valence-electron chi connectivity index (χ3n) is 5.29. The maximum absolute atomic E-state index is 13.1. The molecule has 3 aromatic rings. The summed E-state index contributed by atoms with van der Waals surface area (Å²) >= 11 is 0. The normalized spacial score (nSPS) is 15.0. The molecule has 1 fully saturated rings. The van der Waals surface area contributed by atoms with E-state index in [2.05, 4.69) is 17.0 Å². The molecule has 4 rings (SSSR count). The van der Waals surface area contributed by atoms with E-state index in [1.165, 1.54) is 12.1 Å². The molecule has 0 unspecified atom stereocenters. The lowest BCUT2D eigenvalue weighted by Gasteiger charge is -2.31. The minimum absolute atomic E-state index is 0.00470. The van der Waals surface area contributed by atoms with Gasteiger partial charge in [-0.15, -0.1) is 0 Å². The van der Waals surface area contributed by atoms with Crippen molar-refractivity contribution in [2.75, 3.05) is 24.6 Å². The summed E-state index contributed by atoms with van der Waals surface area (Å²) in [4.78, 5) is 18.9. The third-order valence-corrected chi connectivity index (χ3v) is 5.29. The lowest BCUT2D eigenvalue weighted by molar-refractivity contribution is -0.148. The number of aromatic nitrogens is 1. The summed E-state index contributed by atoms with van der Waals surface area (Å²) in [7, 11) is 0. The van der Waals surface area contributed by atoms with Crippen LogP contribution in [-0.2, 0) is 9.53 Å². The van der Waals surface area contributed by atoms with E-state index in [4.69, 9.17) is 9.72 Å². The summed E-state index contributed by atoms with van der Waals surface area (Å²) in [5.74, 6) is 0.615. The molecular formula is C23H23FN2O2. The van der Waals surface area contributed by atoms with Crippen molar-refractivity contribution in [1.82, 2.24) is 4.98 Å². The van der Waals surface area contributed by atoms with Crippen molar-refractivity contribution in [3.8, 4) is 11.1 Å². The number of anilines is 1. The van der Waals surface area contributed by atoms with Gasteiger partial charge < -0.3 is 9.64 Å².